The van der Waals surface area contributed by atoms with Crippen molar-refractivity contribution in [2.45, 2.75) is 79.6 Å². The molecule has 18 heavy (non-hydrogen) atoms. The van der Waals surface area contributed by atoms with Gasteiger partial charge in [0.25, 0.3) is 0 Å². The van der Waals surface area contributed by atoms with Gasteiger partial charge in [0.2, 0.25) is 0 Å². The first-order chi connectivity index (χ1) is 8.60. The van der Waals surface area contributed by atoms with Crippen molar-refractivity contribution in [3.05, 3.63) is 34.9 Å². The molecule has 0 unspecified atom stereocenters. The Bertz CT molecular complexity index is 289. The molecule has 0 atom stereocenters. The van der Waals surface area contributed by atoms with Crippen LogP contribution in [0.4, 0.5) is 0 Å². The van der Waals surface area contributed by atoms with Crippen LogP contribution >= 0.6 is 0 Å². The summed E-state index contributed by atoms with van der Waals surface area (Å²) in [4.78, 5) is 0. The Labute approximate surface area is 115 Å². The monoisotopic (exact) mass is 248 g/mol. The molecule has 0 nitrogen and oxygen atoms in total. The van der Waals surface area contributed by atoms with Crippen LogP contribution in [-0.2, 0) is 0 Å². The Morgan fingerprint density at radius 2 is 1.11 bits per heavy atom. The van der Waals surface area contributed by atoms with Crippen LogP contribution in [0.5, 0.6) is 0 Å². The zero-order chi connectivity index (χ0) is 13.8. The molecular formula is C18H32. The number of rotatable bonds is 9. The Hall–Kier alpha value is -0.780. The maximum atomic E-state index is 2.41. The van der Waals surface area contributed by atoms with Crippen LogP contribution in [-0.4, -0.2) is 0 Å². The fourth-order valence-electron chi connectivity index (χ4n) is 2.14. The van der Waals surface area contributed by atoms with E-state index in [0.717, 1.165) is 6.42 Å². The number of hydrogen-bond acceptors (Lipinski definition) is 0. The molecular weight excluding hydrogens is 216 g/mol. The molecule has 104 valence electrons. The summed E-state index contributed by atoms with van der Waals surface area (Å²) in [5.41, 5.74) is 4.62. The van der Waals surface area contributed by atoms with Crippen molar-refractivity contribution in [2.24, 2.45) is 0 Å². The summed E-state index contributed by atoms with van der Waals surface area (Å²) in [5, 5.41) is 0. The van der Waals surface area contributed by atoms with Gasteiger partial charge in [0, 0.05) is 0 Å². The third-order valence-corrected chi connectivity index (χ3v) is 3.26. The highest BCUT2D eigenvalue weighted by Crippen LogP contribution is 2.12. The summed E-state index contributed by atoms with van der Waals surface area (Å²) in [7, 11) is 0. The van der Waals surface area contributed by atoms with Crippen molar-refractivity contribution in [2.75, 3.05) is 0 Å². The van der Waals surface area contributed by atoms with Gasteiger partial charge in [-0.15, -0.1) is 0 Å². The summed E-state index contributed by atoms with van der Waals surface area (Å²) in [5.74, 6) is 0. The van der Waals surface area contributed by atoms with Crippen molar-refractivity contribution >= 4 is 0 Å². The van der Waals surface area contributed by atoms with Gasteiger partial charge < -0.3 is 0 Å². The Balaban J connectivity index is 3.85. The Morgan fingerprint density at radius 3 is 1.56 bits per heavy atom. The van der Waals surface area contributed by atoms with E-state index < -0.39 is 0 Å². The van der Waals surface area contributed by atoms with Crippen LogP contribution < -0.4 is 0 Å². The van der Waals surface area contributed by atoms with Gasteiger partial charge >= 0.3 is 0 Å². The molecule has 0 amide bonds. The van der Waals surface area contributed by atoms with Crippen LogP contribution in [0.3, 0.4) is 0 Å². The van der Waals surface area contributed by atoms with Crippen molar-refractivity contribution in [3.63, 3.8) is 0 Å². The minimum absolute atomic E-state index is 1.16. The summed E-state index contributed by atoms with van der Waals surface area (Å²) >= 11 is 0. The van der Waals surface area contributed by atoms with Crippen LogP contribution in [0.25, 0.3) is 0 Å². The molecule has 0 saturated heterocycles. The van der Waals surface area contributed by atoms with Crippen molar-refractivity contribution in [1.29, 1.82) is 0 Å². The van der Waals surface area contributed by atoms with Gasteiger partial charge in [-0.2, -0.15) is 0 Å². The van der Waals surface area contributed by atoms with Crippen molar-refractivity contribution < 1.29 is 0 Å². The lowest BCUT2D eigenvalue weighted by Gasteiger charge is -2.02. The highest BCUT2D eigenvalue weighted by atomic mass is 14.0. The van der Waals surface area contributed by atoms with E-state index in [0.29, 0.717) is 0 Å². The molecule has 0 bridgehead atoms. The molecule has 0 aromatic heterocycles. The topological polar surface area (TPSA) is 0 Å². The van der Waals surface area contributed by atoms with Gasteiger partial charge in [-0.05, 0) is 59.3 Å². The molecule has 0 N–H and O–H groups in total. The van der Waals surface area contributed by atoms with E-state index >= 15 is 0 Å². The second-order valence-corrected chi connectivity index (χ2v) is 5.39. The lowest BCUT2D eigenvalue weighted by molar-refractivity contribution is 0.875. The second-order valence-electron chi connectivity index (χ2n) is 5.39. The maximum Gasteiger partial charge on any atom is -0.0288 e. The third-order valence-electron chi connectivity index (χ3n) is 3.26. The molecule has 0 aliphatic carbocycles. The van der Waals surface area contributed by atoms with Crippen LogP contribution in [0.15, 0.2) is 34.9 Å². The van der Waals surface area contributed by atoms with Gasteiger partial charge in [-0.25, -0.2) is 0 Å². The summed E-state index contributed by atoms with van der Waals surface area (Å²) in [6.07, 6.45) is 15.7. The molecule has 0 aliphatic rings. The zero-order valence-corrected chi connectivity index (χ0v) is 13.2. The van der Waals surface area contributed by atoms with E-state index in [4.69, 9.17) is 0 Å². The largest absolute Gasteiger partial charge is 0.0859 e. The van der Waals surface area contributed by atoms with Crippen LogP contribution in [0, 0.1) is 0 Å². The second kappa shape index (κ2) is 11.3. The SMILES string of the molecule is CCC=C(C)CCC=C(C)CCC=C(C)CCC. The van der Waals surface area contributed by atoms with E-state index in [9.17, 15) is 0 Å². The standard InChI is InChI=1S/C18H32/c1-6-10-16(3)12-8-14-18(5)15-9-13-17(4)11-7-2/h10,13-14H,6-9,11-12,15H2,1-5H3. The third kappa shape index (κ3) is 10.4. The fraction of sp³-hybridized carbons (Fsp3) is 0.667. The first kappa shape index (κ1) is 17.2. The molecule has 0 radical (unpaired) electrons. The van der Waals surface area contributed by atoms with Crippen molar-refractivity contribution in [3.8, 4) is 0 Å². The van der Waals surface area contributed by atoms with Crippen molar-refractivity contribution in [1.82, 2.24) is 0 Å². The molecule has 0 heteroatoms. The molecule has 0 saturated carbocycles. The lowest BCUT2D eigenvalue weighted by Crippen LogP contribution is -1.81. The summed E-state index contributed by atoms with van der Waals surface area (Å²) < 4.78 is 0. The van der Waals surface area contributed by atoms with Gasteiger partial charge in [0.05, 0.1) is 0 Å². The summed E-state index contributed by atoms with van der Waals surface area (Å²) in [6.45, 7) is 11.2. The van der Waals surface area contributed by atoms with Gasteiger partial charge in [0.1, 0.15) is 0 Å². The highest BCUT2D eigenvalue weighted by Gasteiger charge is 1.92. The summed E-state index contributed by atoms with van der Waals surface area (Å²) in [6, 6.07) is 0. The first-order valence-electron chi connectivity index (χ1n) is 7.57. The maximum absolute atomic E-state index is 2.41. The van der Waals surface area contributed by atoms with E-state index in [1.54, 1.807) is 11.1 Å². The number of hydrogen-bond donors (Lipinski definition) is 0. The highest BCUT2D eigenvalue weighted by molar-refractivity contribution is 5.05. The fourth-order valence-corrected chi connectivity index (χ4v) is 2.14. The van der Waals surface area contributed by atoms with E-state index in [-0.39, 0.29) is 0 Å². The molecule has 0 aromatic rings. The Morgan fingerprint density at radius 1 is 0.667 bits per heavy atom. The van der Waals surface area contributed by atoms with Gasteiger partial charge in [-0.1, -0.05) is 55.2 Å². The predicted octanol–water partition coefficient (Wildman–Crippen LogP) is 6.60. The van der Waals surface area contributed by atoms with Crippen LogP contribution in [0.2, 0.25) is 0 Å². The van der Waals surface area contributed by atoms with E-state index in [2.05, 4.69) is 52.8 Å². The smallest absolute Gasteiger partial charge is 0.0288 e. The molecule has 0 fully saturated rings. The normalized spacial score (nSPS) is 14.2. The van der Waals surface area contributed by atoms with Crippen LogP contribution in [0.1, 0.15) is 79.6 Å². The average Bonchev–Trinajstić information content (AvgIpc) is 2.29. The van der Waals surface area contributed by atoms with Gasteiger partial charge in [0.15, 0.2) is 0 Å². The molecule has 0 heterocycles. The minimum Gasteiger partial charge on any atom is -0.0859 e. The minimum atomic E-state index is 1.16. The van der Waals surface area contributed by atoms with E-state index in [1.807, 2.05) is 0 Å². The predicted molar refractivity (Wildman–Crippen MR) is 84.9 cm³/mol. The van der Waals surface area contributed by atoms with E-state index in [1.165, 1.54) is 44.1 Å². The molecule has 0 aliphatic heterocycles. The molecule has 0 aromatic carbocycles. The molecule has 0 rings (SSSR count). The van der Waals surface area contributed by atoms with Gasteiger partial charge in [-0.3, -0.25) is 0 Å². The first-order valence-corrected chi connectivity index (χ1v) is 7.57. The number of allylic oxidation sites excluding steroid dienone is 6. The lowest BCUT2D eigenvalue weighted by atomic mass is 10.0. The molecule has 0 spiro atoms. The zero-order valence-electron chi connectivity index (χ0n) is 13.2. The quantitative estimate of drug-likeness (QED) is 0.403. The Kier molecular flexibility index (Phi) is 10.8. The average molecular weight is 248 g/mol.